The van der Waals surface area contributed by atoms with E-state index in [0.717, 1.165) is 4.31 Å². The van der Waals surface area contributed by atoms with Gasteiger partial charge < -0.3 is 5.32 Å². The monoisotopic (exact) mass is 502 g/mol. The van der Waals surface area contributed by atoms with E-state index in [9.17, 15) is 13.2 Å². The molecule has 5 nitrogen and oxygen atoms in total. The summed E-state index contributed by atoms with van der Waals surface area (Å²) < 4.78 is 27.5. The van der Waals surface area contributed by atoms with Crippen LogP contribution in [0.15, 0.2) is 71.6 Å². The molecule has 3 aromatic carbocycles. The van der Waals surface area contributed by atoms with E-state index in [1.165, 1.54) is 36.4 Å². The second-order valence-corrected chi connectivity index (χ2v) is 9.64. The molecule has 0 aliphatic rings. The van der Waals surface area contributed by atoms with Gasteiger partial charge in [0.15, 0.2) is 0 Å². The number of halogens is 4. The summed E-state index contributed by atoms with van der Waals surface area (Å²) in [4.78, 5) is 12.7. The number of rotatable bonds is 6. The van der Waals surface area contributed by atoms with E-state index in [1.807, 2.05) is 0 Å². The van der Waals surface area contributed by atoms with E-state index in [4.69, 9.17) is 46.4 Å². The highest BCUT2D eigenvalue weighted by Crippen LogP contribution is 2.31. The number of anilines is 2. The smallest absolute Gasteiger partial charge is 0.264 e. The Morgan fingerprint density at radius 1 is 0.833 bits per heavy atom. The molecule has 0 atom stereocenters. The van der Waals surface area contributed by atoms with Crippen LogP contribution in [0.1, 0.15) is 0 Å². The third-order valence-corrected chi connectivity index (χ3v) is 6.92. The van der Waals surface area contributed by atoms with Crippen molar-refractivity contribution in [3.05, 3.63) is 86.8 Å². The summed E-state index contributed by atoms with van der Waals surface area (Å²) in [5, 5.41) is 3.72. The zero-order valence-electron chi connectivity index (χ0n) is 15.2. The molecule has 156 valence electrons. The fraction of sp³-hybridized carbons (Fsp3) is 0.0500. The molecule has 30 heavy (non-hydrogen) atoms. The molecule has 0 aliphatic heterocycles. The van der Waals surface area contributed by atoms with Crippen LogP contribution in [-0.4, -0.2) is 20.9 Å². The standard InChI is InChI=1S/C20H14Cl4N2O3S/c21-13-7-9-16(10-8-13)30(28,29)26(15-4-1-3-14(22)11-15)12-19(27)25-20-17(23)5-2-6-18(20)24/h1-11H,12H2,(H,25,27). The Bertz CT molecular complexity index is 1160. The molecule has 0 saturated carbocycles. The first-order valence-electron chi connectivity index (χ1n) is 8.46. The molecule has 3 rings (SSSR count). The molecular weight excluding hydrogens is 490 g/mol. The van der Waals surface area contributed by atoms with Gasteiger partial charge in [-0.3, -0.25) is 9.10 Å². The fourth-order valence-corrected chi connectivity index (χ4v) is 4.82. The van der Waals surface area contributed by atoms with Gasteiger partial charge in [0.2, 0.25) is 5.91 Å². The summed E-state index contributed by atoms with van der Waals surface area (Å²) in [6.45, 7) is -0.535. The van der Waals surface area contributed by atoms with Crippen molar-refractivity contribution in [2.75, 3.05) is 16.2 Å². The van der Waals surface area contributed by atoms with Gasteiger partial charge in [-0.25, -0.2) is 8.42 Å². The number of para-hydroxylation sites is 1. The highest BCUT2D eigenvalue weighted by atomic mass is 35.5. The van der Waals surface area contributed by atoms with Gasteiger partial charge in [-0.05, 0) is 54.6 Å². The molecule has 0 fully saturated rings. The fourth-order valence-electron chi connectivity index (χ4n) is 2.61. The Labute approximate surface area is 194 Å². The summed E-state index contributed by atoms with van der Waals surface area (Å²) >= 11 is 24.1. The van der Waals surface area contributed by atoms with E-state index in [2.05, 4.69) is 5.32 Å². The maximum absolute atomic E-state index is 13.3. The molecule has 0 unspecified atom stereocenters. The van der Waals surface area contributed by atoms with Crippen molar-refractivity contribution in [3.8, 4) is 0 Å². The van der Waals surface area contributed by atoms with Crippen LogP contribution >= 0.6 is 46.4 Å². The average Bonchev–Trinajstić information content (AvgIpc) is 2.69. The molecule has 1 amide bonds. The van der Waals surface area contributed by atoms with Gasteiger partial charge in [0.25, 0.3) is 10.0 Å². The minimum absolute atomic E-state index is 0.0320. The van der Waals surface area contributed by atoms with Gasteiger partial charge in [-0.1, -0.05) is 58.5 Å². The maximum Gasteiger partial charge on any atom is 0.264 e. The highest BCUT2D eigenvalue weighted by Gasteiger charge is 2.28. The van der Waals surface area contributed by atoms with Crippen molar-refractivity contribution in [2.45, 2.75) is 4.90 Å². The predicted molar refractivity (Wildman–Crippen MR) is 123 cm³/mol. The molecule has 3 aromatic rings. The third kappa shape index (κ3) is 5.20. The Morgan fingerprint density at radius 3 is 2.03 bits per heavy atom. The van der Waals surface area contributed by atoms with Gasteiger partial charge in [0.1, 0.15) is 6.54 Å². The van der Waals surface area contributed by atoms with Crippen molar-refractivity contribution in [1.29, 1.82) is 0 Å². The second-order valence-electron chi connectivity index (χ2n) is 6.09. The lowest BCUT2D eigenvalue weighted by Gasteiger charge is -2.24. The SMILES string of the molecule is O=C(CN(c1cccc(Cl)c1)S(=O)(=O)c1ccc(Cl)cc1)Nc1c(Cl)cccc1Cl. The van der Waals surface area contributed by atoms with Gasteiger partial charge in [-0.15, -0.1) is 0 Å². The summed E-state index contributed by atoms with van der Waals surface area (Å²) in [5.41, 5.74) is 0.415. The molecule has 0 spiro atoms. The Morgan fingerprint density at radius 2 is 1.43 bits per heavy atom. The molecule has 0 saturated heterocycles. The lowest BCUT2D eigenvalue weighted by Crippen LogP contribution is -2.38. The van der Waals surface area contributed by atoms with Crippen LogP contribution in [0.4, 0.5) is 11.4 Å². The normalized spacial score (nSPS) is 11.2. The van der Waals surface area contributed by atoms with Crippen molar-refractivity contribution in [2.24, 2.45) is 0 Å². The van der Waals surface area contributed by atoms with Crippen molar-refractivity contribution in [1.82, 2.24) is 0 Å². The number of hydrogen-bond acceptors (Lipinski definition) is 3. The zero-order chi connectivity index (χ0) is 21.9. The molecule has 0 heterocycles. The average molecular weight is 504 g/mol. The van der Waals surface area contributed by atoms with Crippen LogP contribution in [0, 0.1) is 0 Å². The van der Waals surface area contributed by atoms with E-state index in [1.54, 1.807) is 30.3 Å². The Balaban J connectivity index is 1.98. The number of nitrogens with zero attached hydrogens (tertiary/aromatic N) is 1. The molecule has 0 aliphatic carbocycles. The van der Waals surface area contributed by atoms with Crippen molar-refractivity contribution in [3.63, 3.8) is 0 Å². The largest absolute Gasteiger partial charge is 0.322 e. The second kappa shape index (κ2) is 9.45. The first-order valence-corrected chi connectivity index (χ1v) is 11.4. The van der Waals surface area contributed by atoms with Gasteiger partial charge in [0.05, 0.1) is 26.3 Å². The molecule has 1 N–H and O–H groups in total. The Hall–Kier alpha value is -1.96. The number of carbonyl (C=O) groups is 1. The molecule has 0 aromatic heterocycles. The lowest BCUT2D eigenvalue weighted by molar-refractivity contribution is -0.114. The Kier molecular flexibility index (Phi) is 7.16. The highest BCUT2D eigenvalue weighted by molar-refractivity contribution is 7.92. The van der Waals surface area contributed by atoms with Crippen LogP contribution in [0.2, 0.25) is 20.1 Å². The van der Waals surface area contributed by atoms with Gasteiger partial charge >= 0.3 is 0 Å². The number of amides is 1. The van der Waals surface area contributed by atoms with Crippen LogP contribution in [0.3, 0.4) is 0 Å². The lowest BCUT2D eigenvalue weighted by atomic mass is 10.3. The summed E-state index contributed by atoms with van der Waals surface area (Å²) in [6, 6.07) is 16.5. The molecule has 0 radical (unpaired) electrons. The first kappa shape index (κ1) is 22.7. The minimum Gasteiger partial charge on any atom is -0.322 e. The third-order valence-electron chi connectivity index (χ3n) is 4.01. The quantitative estimate of drug-likeness (QED) is 0.439. The maximum atomic E-state index is 13.3. The van der Waals surface area contributed by atoms with Gasteiger partial charge in [0, 0.05) is 10.0 Å². The van der Waals surface area contributed by atoms with E-state index < -0.39 is 22.5 Å². The minimum atomic E-state index is -4.11. The first-order chi connectivity index (χ1) is 14.2. The van der Waals surface area contributed by atoms with Crippen LogP contribution in [0.25, 0.3) is 0 Å². The van der Waals surface area contributed by atoms with Crippen LogP contribution in [-0.2, 0) is 14.8 Å². The topological polar surface area (TPSA) is 66.5 Å². The number of sulfonamides is 1. The van der Waals surface area contributed by atoms with Crippen molar-refractivity contribution < 1.29 is 13.2 Å². The van der Waals surface area contributed by atoms with Gasteiger partial charge in [-0.2, -0.15) is 0 Å². The van der Waals surface area contributed by atoms with E-state index >= 15 is 0 Å². The molecular formula is C20H14Cl4N2O3S. The summed E-state index contributed by atoms with van der Waals surface area (Å²) in [7, 11) is -4.11. The van der Waals surface area contributed by atoms with Crippen molar-refractivity contribution >= 4 is 73.7 Å². The van der Waals surface area contributed by atoms with Crippen LogP contribution < -0.4 is 9.62 Å². The number of carbonyl (C=O) groups excluding carboxylic acids is 1. The number of hydrogen-bond donors (Lipinski definition) is 1. The molecule has 10 heteroatoms. The summed E-state index contributed by atoms with van der Waals surface area (Å²) in [6.07, 6.45) is 0. The molecule has 0 bridgehead atoms. The summed E-state index contributed by atoms with van der Waals surface area (Å²) in [5.74, 6) is -0.637. The van der Waals surface area contributed by atoms with Crippen LogP contribution in [0.5, 0.6) is 0 Å². The number of nitrogens with one attached hydrogen (secondary N) is 1. The van der Waals surface area contributed by atoms with E-state index in [0.29, 0.717) is 10.0 Å². The van der Waals surface area contributed by atoms with E-state index in [-0.39, 0.29) is 26.3 Å². The zero-order valence-corrected chi connectivity index (χ0v) is 19.0. The number of benzene rings is 3. The predicted octanol–water partition coefficient (Wildman–Crippen LogP) is 6.13.